The van der Waals surface area contributed by atoms with E-state index in [0.29, 0.717) is 23.4 Å². The van der Waals surface area contributed by atoms with Gasteiger partial charge in [0.05, 0.1) is 6.10 Å². The maximum atomic E-state index is 13.1. The molecule has 1 aromatic rings. The van der Waals surface area contributed by atoms with Crippen LogP contribution in [-0.2, 0) is 6.42 Å². The SMILES string of the molecule is CC(O)CCc1cc(Cl)ccc1F. The summed E-state index contributed by atoms with van der Waals surface area (Å²) >= 11 is 5.70. The lowest BCUT2D eigenvalue weighted by Crippen LogP contribution is -2.02. The summed E-state index contributed by atoms with van der Waals surface area (Å²) in [7, 11) is 0. The van der Waals surface area contributed by atoms with Crippen LogP contribution in [0.25, 0.3) is 0 Å². The molecular weight excluding hydrogens is 191 g/mol. The van der Waals surface area contributed by atoms with Crippen molar-refractivity contribution in [3.05, 3.63) is 34.6 Å². The van der Waals surface area contributed by atoms with E-state index in [1.807, 2.05) is 0 Å². The van der Waals surface area contributed by atoms with Gasteiger partial charge < -0.3 is 5.11 Å². The summed E-state index contributed by atoms with van der Waals surface area (Å²) in [6.45, 7) is 1.68. The zero-order valence-corrected chi connectivity index (χ0v) is 8.18. The molecule has 1 nitrogen and oxygen atoms in total. The van der Waals surface area contributed by atoms with E-state index in [1.165, 1.54) is 12.1 Å². The Morgan fingerprint density at radius 1 is 1.54 bits per heavy atom. The lowest BCUT2D eigenvalue weighted by molar-refractivity contribution is 0.184. The van der Waals surface area contributed by atoms with Crippen LogP contribution in [-0.4, -0.2) is 11.2 Å². The average Bonchev–Trinajstić information content (AvgIpc) is 2.06. The Morgan fingerprint density at radius 2 is 2.23 bits per heavy atom. The Bertz CT molecular complexity index is 286. The molecule has 0 amide bonds. The summed E-state index contributed by atoms with van der Waals surface area (Å²) < 4.78 is 13.1. The Hall–Kier alpha value is -0.600. The van der Waals surface area contributed by atoms with Gasteiger partial charge in [-0.3, -0.25) is 0 Å². The topological polar surface area (TPSA) is 20.2 Å². The zero-order valence-electron chi connectivity index (χ0n) is 7.43. The Kier molecular flexibility index (Phi) is 3.70. The fraction of sp³-hybridized carbons (Fsp3) is 0.400. The van der Waals surface area contributed by atoms with Crippen LogP contribution in [0, 0.1) is 5.82 Å². The molecule has 0 radical (unpaired) electrons. The van der Waals surface area contributed by atoms with Gasteiger partial charge in [0.15, 0.2) is 0 Å². The normalized spacial score (nSPS) is 12.9. The molecule has 0 spiro atoms. The molecule has 1 aromatic carbocycles. The van der Waals surface area contributed by atoms with E-state index in [9.17, 15) is 4.39 Å². The van der Waals surface area contributed by atoms with Gasteiger partial charge in [-0.15, -0.1) is 0 Å². The van der Waals surface area contributed by atoms with Gasteiger partial charge in [0.1, 0.15) is 5.82 Å². The molecule has 1 N–H and O–H groups in total. The van der Waals surface area contributed by atoms with E-state index >= 15 is 0 Å². The minimum Gasteiger partial charge on any atom is -0.393 e. The van der Waals surface area contributed by atoms with Crippen molar-refractivity contribution in [1.82, 2.24) is 0 Å². The molecule has 0 aliphatic rings. The van der Waals surface area contributed by atoms with Crippen molar-refractivity contribution < 1.29 is 9.50 Å². The van der Waals surface area contributed by atoms with Gasteiger partial charge in [-0.05, 0) is 43.5 Å². The molecule has 3 heteroatoms. The molecule has 0 bridgehead atoms. The quantitative estimate of drug-likeness (QED) is 0.799. The van der Waals surface area contributed by atoms with E-state index in [1.54, 1.807) is 13.0 Å². The maximum absolute atomic E-state index is 13.1. The number of hydrogen-bond donors (Lipinski definition) is 1. The van der Waals surface area contributed by atoms with Crippen molar-refractivity contribution in [3.63, 3.8) is 0 Å². The number of hydrogen-bond acceptors (Lipinski definition) is 1. The molecule has 0 fully saturated rings. The summed E-state index contributed by atoms with van der Waals surface area (Å²) in [5, 5.41) is 9.55. The van der Waals surface area contributed by atoms with Crippen LogP contribution >= 0.6 is 11.6 Å². The first-order valence-electron chi connectivity index (χ1n) is 4.21. The Balaban J connectivity index is 2.70. The van der Waals surface area contributed by atoms with Gasteiger partial charge in [0.2, 0.25) is 0 Å². The molecule has 1 rings (SSSR count). The van der Waals surface area contributed by atoms with Crippen LogP contribution < -0.4 is 0 Å². The second-order valence-electron chi connectivity index (χ2n) is 3.12. The highest BCUT2D eigenvalue weighted by Gasteiger charge is 2.04. The lowest BCUT2D eigenvalue weighted by Gasteiger charge is -2.05. The number of rotatable bonds is 3. The lowest BCUT2D eigenvalue weighted by atomic mass is 10.1. The smallest absolute Gasteiger partial charge is 0.126 e. The van der Waals surface area contributed by atoms with Crippen LogP contribution in [0.4, 0.5) is 4.39 Å². The van der Waals surface area contributed by atoms with E-state index in [4.69, 9.17) is 16.7 Å². The Labute approximate surface area is 82.2 Å². The summed E-state index contributed by atoms with van der Waals surface area (Å²) in [6.07, 6.45) is 0.666. The number of aliphatic hydroxyl groups is 1. The number of aryl methyl sites for hydroxylation is 1. The first-order chi connectivity index (χ1) is 6.09. The van der Waals surface area contributed by atoms with Crippen molar-refractivity contribution in [2.45, 2.75) is 25.9 Å². The minimum absolute atomic E-state index is 0.259. The predicted octanol–water partition coefficient (Wildman–Crippen LogP) is 2.79. The molecular formula is C10H12ClFO. The average molecular weight is 203 g/mol. The molecule has 0 aliphatic carbocycles. The van der Waals surface area contributed by atoms with Crippen LogP contribution in [0.5, 0.6) is 0 Å². The molecule has 0 saturated carbocycles. The zero-order chi connectivity index (χ0) is 9.84. The van der Waals surface area contributed by atoms with Gasteiger partial charge in [-0.25, -0.2) is 4.39 Å². The fourth-order valence-corrected chi connectivity index (χ4v) is 1.29. The standard InChI is InChI=1S/C10H12ClFO/c1-7(13)2-3-8-6-9(11)4-5-10(8)12/h4-7,13H,2-3H2,1H3. The first kappa shape index (κ1) is 10.5. The molecule has 0 aromatic heterocycles. The Morgan fingerprint density at radius 3 is 2.85 bits per heavy atom. The van der Waals surface area contributed by atoms with Gasteiger partial charge in [-0.2, -0.15) is 0 Å². The third-order valence-electron chi connectivity index (χ3n) is 1.84. The van der Waals surface area contributed by atoms with Crippen LogP contribution in [0.2, 0.25) is 5.02 Å². The van der Waals surface area contributed by atoms with E-state index < -0.39 is 6.10 Å². The van der Waals surface area contributed by atoms with Crippen LogP contribution in [0.15, 0.2) is 18.2 Å². The number of halogens is 2. The maximum Gasteiger partial charge on any atom is 0.126 e. The summed E-state index contributed by atoms with van der Waals surface area (Å²) in [5.41, 5.74) is 0.563. The third-order valence-corrected chi connectivity index (χ3v) is 2.07. The van der Waals surface area contributed by atoms with Crippen LogP contribution in [0.3, 0.4) is 0 Å². The van der Waals surface area contributed by atoms with Crippen molar-refractivity contribution in [3.8, 4) is 0 Å². The van der Waals surface area contributed by atoms with Gasteiger partial charge in [0, 0.05) is 5.02 Å². The highest BCUT2D eigenvalue weighted by atomic mass is 35.5. The van der Waals surface area contributed by atoms with Gasteiger partial charge >= 0.3 is 0 Å². The predicted molar refractivity (Wildman–Crippen MR) is 51.4 cm³/mol. The second-order valence-corrected chi connectivity index (χ2v) is 3.56. The molecule has 13 heavy (non-hydrogen) atoms. The number of aliphatic hydroxyl groups excluding tert-OH is 1. The first-order valence-corrected chi connectivity index (χ1v) is 4.59. The minimum atomic E-state index is -0.404. The van der Waals surface area contributed by atoms with Gasteiger partial charge in [0.25, 0.3) is 0 Å². The van der Waals surface area contributed by atoms with Crippen molar-refractivity contribution in [1.29, 1.82) is 0 Å². The van der Waals surface area contributed by atoms with Crippen molar-refractivity contribution in [2.24, 2.45) is 0 Å². The van der Waals surface area contributed by atoms with E-state index in [2.05, 4.69) is 0 Å². The number of benzene rings is 1. The van der Waals surface area contributed by atoms with Crippen molar-refractivity contribution >= 4 is 11.6 Å². The van der Waals surface area contributed by atoms with E-state index in [-0.39, 0.29) is 5.82 Å². The van der Waals surface area contributed by atoms with Crippen molar-refractivity contribution in [2.75, 3.05) is 0 Å². The molecule has 72 valence electrons. The molecule has 0 saturated heterocycles. The summed E-state index contributed by atoms with van der Waals surface area (Å²) in [4.78, 5) is 0. The largest absolute Gasteiger partial charge is 0.393 e. The molecule has 1 unspecified atom stereocenters. The van der Waals surface area contributed by atoms with Crippen LogP contribution in [0.1, 0.15) is 18.9 Å². The molecule has 1 atom stereocenters. The van der Waals surface area contributed by atoms with Gasteiger partial charge in [-0.1, -0.05) is 11.6 Å². The summed E-state index contributed by atoms with van der Waals surface area (Å²) in [5.74, 6) is -0.259. The second kappa shape index (κ2) is 4.58. The molecule has 0 aliphatic heterocycles. The monoisotopic (exact) mass is 202 g/mol. The highest BCUT2D eigenvalue weighted by molar-refractivity contribution is 6.30. The van der Waals surface area contributed by atoms with E-state index in [0.717, 1.165) is 0 Å². The fourth-order valence-electron chi connectivity index (χ4n) is 1.10. The molecule has 0 heterocycles. The summed E-state index contributed by atoms with van der Waals surface area (Å²) in [6, 6.07) is 4.46. The third kappa shape index (κ3) is 3.33. The highest BCUT2D eigenvalue weighted by Crippen LogP contribution is 2.16.